The Balaban J connectivity index is 1.94. The Morgan fingerprint density at radius 3 is 2.95 bits per heavy atom. The third-order valence-corrected chi connectivity index (χ3v) is 4.30. The van der Waals surface area contributed by atoms with Crippen LogP contribution in [0.5, 0.6) is 5.75 Å². The summed E-state index contributed by atoms with van der Waals surface area (Å²) in [4.78, 5) is 12.1. The van der Waals surface area contributed by atoms with Crippen LogP contribution >= 0.6 is 0 Å². The zero-order valence-corrected chi connectivity index (χ0v) is 12.6. The monoisotopic (exact) mass is 295 g/mol. The summed E-state index contributed by atoms with van der Waals surface area (Å²) >= 11 is 0. The highest BCUT2D eigenvalue weighted by Crippen LogP contribution is 2.31. The fourth-order valence-electron chi connectivity index (χ4n) is 2.37. The molecule has 3 unspecified atom stereocenters. The molecule has 116 valence electrons. The van der Waals surface area contributed by atoms with Gasteiger partial charge in [-0.15, -0.1) is 0 Å². The number of carbonyl (C=O) groups excluding carboxylic acids is 1. The minimum absolute atomic E-state index is 0.0666. The second kappa shape index (κ2) is 6.02. The predicted octanol–water partition coefficient (Wildman–Crippen LogP) is 2.04. The van der Waals surface area contributed by atoms with Crippen molar-refractivity contribution in [3.05, 3.63) is 29.6 Å². The maximum atomic E-state index is 13.6. The van der Waals surface area contributed by atoms with Gasteiger partial charge in [-0.1, -0.05) is 32.4 Å². The topological polar surface area (TPSA) is 58.6 Å². The number of para-hydroxylation sites is 1. The molecule has 0 aliphatic carbocycles. The van der Waals surface area contributed by atoms with Crippen LogP contribution in [0.1, 0.15) is 32.8 Å². The highest BCUT2D eigenvalue weighted by molar-refractivity contribution is 5.82. The molecule has 1 heterocycles. The lowest BCUT2D eigenvalue weighted by Gasteiger charge is -2.30. The number of halogens is 1. The molecule has 21 heavy (non-hydrogen) atoms. The van der Waals surface area contributed by atoms with E-state index in [1.54, 1.807) is 19.1 Å². The van der Waals surface area contributed by atoms with Crippen LogP contribution < -0.4 is 10.1 Å². The van der Waals surface area contributed by atoms with Crippen molar-refractivity contribution in [1.29, 1.82) is 0 Å². The second-order valence-electron chi connectivity index (χ2n) is 5.92. The van der Waals surface area contributed by atoms with Gasteiger partial charge in [-0.2, -0.15) is 0 Å². The molecule has 1 aromatic rings. The first kappa shape index (κ1) is 15.8. The Hall–Kier alpha value is -1.62. The van der Waals surface area contributed by atoms with Crippen LogP contribution in [0.25, 0.3) is 0 Å². The maximum absolute atomic E-state index is 13.6. The van der Waals surface area contributed by atoms with E-state index in [9.17, 15) is 14.3 Å². The summed E-state index contributed by atoms with van der Waals surface area (Å²) in [6.45, 7) is 5.77. The number of ether oxygens (including phenoxy) is 1. The number of amides is 1. The molecule has 1 aliphatic rings. The minimum atomic E-state index is -0.971. The number of fused-ring (bicyclic) bond motifs is 1. The van der Waals surface area contributed by atoms with Gasteiger partial charge in [0.25, 0.3) is 5.91 Å². The van der Waals surface area contributed by atoms with Crippen molar-refractivity contribution in [2.75, 3.05) is 6.54 Å². The lowest BCUT2D eigenvalue weighted by molar-refractivity contribution is -0.128. The van der Waals surface area contributed by atoms with Crippen molar-refractivity contribution < 1.29 is 19.0 Å². The van der Waals surface area contributed by atoms with Crippen LogP contribution in [0, 0.1) is 11.7 Å². The minimum Gasteiger partial charge on any atom is -0.477 e. The smallest absolute Gasteiger partial charge is 0.261 e. The molecule has 3 atom stereocenters. The largest absolute Gasteiger partial charge is 0.477 e. The van der Waals surface area contributed by atoms with Crippen LogP contribution in [0.4, 0.5) is 4.39 Å². The molecule has 2 N–H and O–H groups in total. The first-order valence-electron chi connectivity index (χ1n) is 7.29. The summed E-state index contributed by atoms with van der Waals surface area (Å²) < 4.78 is 18.9. The van der Waals surface area contributed by atoms with Crippen molar-refractivity contribution in [2.24, 2.45) is 5.92 Å². The van der Waals surface area contributed by atoms with Gasteiger partial charge in [-0.3, -0.25) is 4.79 Å². The molecule has 0 spiro atoms. The average molecular weight is 295 g/mol. The van der Waals surface area contributed by atoms with Gasteiger partial charge >= 0.3 is 0 Å². The molecule has 4 nitrogen and oxygen atoms in total. The molecular weight excluding hydrogens is 273 g/mol. The highest BCUT2D eigenvalue weighted by Gasteiger charge is 2.33. The van der Waals surface area contributed by atoms with Crippen LogP contribution in [-0.2, 0) is 11.2 Å². The summed E-state index contributed by atoms with van der Waals surface area (Å²) in [5.74, 6) is -0.549. The first-order chi connectivity index (χ1) is 9.85. The first-order valence-corrected chi connectivity index (χ1v) is 7.29. The van der Waals surface area contributed by atoms with Gasteiger partial charge in [-0.05, 0) is 18.9 Å². The Morgan fingerprint density at radius 2 is 2.33 bits per heavy atom. The quantitative estimate of drug-likeness (QED) is 0.874. The highest BCUT2D eigenvalue weighted by atomic mass is 19.1. The van der Waals surface area contributed by atoms with E-state index in [4.69, 9.17) is 4.74 Å². The summed E-state index contributed by atoms with van der Waals surface area (Å²) in [6.07, 6.45) is 0.439. The van der Waals surface area contributed by atoms with Gasteiger partial charge in [0.1, 0.15) is 0 Å². The van der Waals surface area contributed by atoms with Gasteiger partial charge in [0, 0.05) is 18.5 Å². The van der Waals surface area contributed by atoms with E-state index in [0.717, 1.165) is 6.42 Å². The van der Waals surface area contributed by atoms with E-state index in [0.29, 0.717) is 12.0 Å². The molecule has 0 saturated carbocycles. The number of nitrogens with one attached hydrogen (secondary N) is 1. The SMILES string of the molecule is CCC(C)C(C)(O)CNC(=O)C1Cc2cccc(F)c2O1. The fourth-order valence-corrected chi connectivity index (χ4v) is 2.37. The van der Waals surface area contributed by atoms with E-state index >= 15 is 0 Å². The summed E-state index contributed by atoms with van der Waals surface area (Å²) in [5, 5.41) is 13.0. The maximum Gasteiger partial charge on any atom is 0.261 e. The van der Waals surface area contributed by atoms with Gasteiger partial charge in [0.15, 0.2) is 17.7 Å². The molecule has 0 bridgehead atoms. The zero-order chi connectivity index (χ0) is 15.6. The molecule has 5 heteroatoms. The normalized spacial score (nSPS) is 21.1. The fraction of sp³-hybridized carbons (Fsp3) is 0.562. The van der Waals surface area contributed by atoms with Crippen molar-refractivity contribution in [3.8, 4) is 5.75 Å². The van der Waals surface area contributed by atoms with Crippen molar-refractivity contribution >= 4 is 5.91 Å². The van der Waals surface area contributed by atoms with E-state index < -0.39 is 17.5 Å². The second-order valence-corrected chi connectivity index (χ2v) is 5.92. The van der Waals surface area contributed by atoms with E-state index in [1.807, 2.05) is 13.8 Å². The number of carbonyl (C=O) groups is 1. The van der Waals surface area contributed by atoms with Crippen LogP contribution in [0.2, 0.25) is 0 Å². The number of rotatable bonds is 5. The van der Waals surface area contributed by atoms with E-state index in [2.05, 4.69) is 5.32 Å². The molecule has 2 rings (SSSR count). The molecule has 0 radical (unpaired) electrons. The third kappa shape index (κ3) is 3.35. The Morgan fingerprint density at radius 1 is 1.62 bits per heavy atom. The van der Waals surface area contributed by atoms with Gasteiger partial charge in [0.2, 0.25) is 0 Å². The van der Waals surface area contributed by atoms with Gasteiger partial charge < -0.3 is 15.2 Å². The molecule has 0 aromatic heterocycles. The summed E-state index contributed by atoms with van der Waals surface area (Å²) in [6, 6.07) is 4.67. The molecule has 1 aliphatic heterocycles. The van der Waals surface area contributed by atoms with Crippen molar-refractivity contribution in [2.45, 2.75) is 45.3 Å². The van der Waals surface area contributed by atoms with Gasteiger partial charge in [0.05, 0.1) is 5.60 Å². The van der Waals surface area contributed by atoms with Crippen LogP contribution in [-0.4, -0.2) is 29.3 Å². The Bertz CT molecular complexity index is 530. The zero-order valence-electron chi connectivity index (χ0n) is 12.6. The lowest BCUT2D eigenvalue weighted by atomic mass is 9.88. The Kier molecular flexibility index (Phi) is 4.52. The van der Waals surface area contributed by atoms with Crippen molar-refractivity contribution in [1.82, 2.24) is 5.32 Å². The standard InChI is InChI=1S/C16H22FNO3/c1-4-10(2)16(3,20)9-18-15(19)13-8-11-6-5-7-12(17)14(11)21-13/h5-7,10,13,20H,4,8-9H2,1-3H3,(H,18,19). The van der Waals surface area contributed by atoms with E-state index in [1.165, 1.54) is 6.07 Å². The summed E-state index contributed by atoms with van der Waals surface area (Å²) in [5.41, 5.74) is -0.273. The van der Waals surface area contributed by atoms with Crippen LogP contribution in [0.3, 0.4) is 0 Å². The number of benzene rings is 1. The lowest BCUT2D eigenvalue weighted by Crippen LogP contribution is -2.48. The number of hydrogen-bond donors (Lipinski definition) is 2. The van der Waals surface area contributed by atoms with Crippen molar-refractivity contribution in [3.63, 3.8) is 0 Å². The number of aliphatic hydroxyl groups is 1. The molecular formula is C16H22FNO3. The predicted molar refractivity (Wildman–Crippen MR) is 77.6 cm³/mol. The average Bonchev–Trinajstić information content (AvgIpc) is 2.89. The number of hydrogen-bond acceptors (Lipinski definition) is 3. The van der Waals surface area contributed by atoms with E-state index in [-0.39, 0.29) is 24.1 Å². The molecule has 0 fully saturated rings. The third-order valence-electron chi connectivity index (χ3n) is 4.30. The van der Waals surface area contributed by atoms with Gasteiger partial charge in [-0.25, -0.2) is 4.39 Å². The molecule has 1 aromatic carbocycles. The summed E-state index contributed by atoms with van der Waals surface area (Å²) in [7, 11) is 0. The molecule has 0 saturated heterocycles. The van der Waals surface area contributed by atoms with Crippen LogP contribution in [0.15, 0.2) is 18.2 Å². The molecule has 1 amide bonds. The Labute approximate surface area is 124 Å².